The Kier molecular flexibility index (Phi) is 4.53. The van der Waals surface area contributed by atoms with Crippen LogP contribution in [-0.4, -0.2) is 5.97 Å². The van der Waals surface area contributed by atoms with Gasteiger partial charge in [0, 0.05) is 15.5 Å². The Morgan fingerprint density at radius 1 is 0.962 bits per heavy atom. The molecule has 4 rings (SSSR count). The quantitative estimate of drug-likeness (QED) is 0.295. The number of rotatable bonds is 4. The van der Waals surface area contributed by atoms with E-state index in [1.54, 1.807) is 11.3 Å². The first-order valence-electron chi connectivity index (χ1n) is 8.19. The molecule has 4 heteroatoms. The van der Waals surface area contributed by atoms with Crippen molar-refractivity contribution in [1.29, 1.82) is 0 Å². The molecule has 0 bridgehead atoms. The molecule has 0 amide bonds. The topological polar surface area (TPSA) is 26.3 Å². The number of carbonyl (C=O) groups is 1. The highest BCUT2D eigenvalue weighted by atomic mass is 32.2. The Balaban J connectivity index is 1.59. The highest BCUT2D eigenvalue weighted by Gasteiger charge is 2.16. The SMILES string of the molecule is C=C(C(=O)OSc1cccc2c1sc1ccccc12)c1ccccc1C. The van der Waals surface area contributed by atoms with Crippen LogP contribution in [0.3, 0.4) is 0 Å². The summed E-state index contributed by atoms with van der Waals surface area (Å²) in [6.07, 6.45) is 0. The standard InChI is InChI=1S/C22H16O2S2/c1-14-8-3-4-9-16(14)15(2)22(23)24-26-20-13-7-11-18-17-10-5-6-12-19(17)25-21(18)20/h3-13H,2H2,1H3. The highest BCUT2D eigenvalue weighted by molar-refractivity contribution is 7.95. The number of aryl methyl sites for hydroxylation is 1. The molecule has 2 nitrogen and oxygen atoms in total. The minimum Gasteiger partial charge on any atom is -0.382 e. The van der Waals surface area contributed by atoms with E-state index < -0.39 is 5.97 Å². The van der Waals surface area contributed by atoms with Gasteiger partial charge < -0.3 is 4.18 Å². The van der Waals surface area contributed by atoms with E-state index in [1.807, 2.05) is 55.5 Å². The summed E-state index contributed by atoms with van der Waals surface area (Å²) in [7, 11) is 0. The lowest BCUT2D eigenvalue weighted by Crippen LogP contribution is -2.02. The molecule has 0 saturated heterocycles. The molecule has 128 valence electrons. The molecule has 4 aromatic rings. The van der Waals surface area contributed by atoms with Gasteiger partial charge in [-0.2, -0.15) is 0 Å². The maximum absolute atomic E-state index is 12.4. The smallest absolute Gasteiger partial charge is 0.350 e. The molecule has 1 aromatic heterocycles. The van der Waals surface area contributed by atoms with E-state index in [-0.39, 0.29) is 0 Å². The fraction of sp³-hybridized carbons (Fsp3) is 0.0455. The highest BCUT2D eigenvalue weighted by Crippen LogP contribution is 2.39. The average molecular weight is 377 g/mol. The monoisotopic (exact) mass is 376 g/mol. The molecule has 0 radical (unpaired) electrons. The van der Waals surface area contributed by atoms with E-state index in [0.717, 1.165) is 32.8 Å². The first kappa shape index (κ1) is 16.9. The van der Waals surface area contributed by atoms with Crippen molar-refractivity contribution in [3.05, 3.63) is 84.4 Å². The molecule has 0 unspecified atom stereocenters. The predicted molar refractivity (Wildman–Crippen MR) is 111 cm³/mol. The first-order valence-corrected chi connectivity index (χ1v) is 9.75. The lowest BCUT2D eigenvalue weighted by Gasteiger charge is -2.08. The number of fused-ring (bicyclic) bond motifs is 3. The van der Waals surface area contributed by atoms with Crippen LogP contribution in [0.25, 0.3) is 25.7 Å². The Morgan fingerprint density at radius 3 is 2.54 bits per heavy atom. The number of carbonyl (C=O) groups excluding carboxylic acids is 1. The largest absolute Gasteiger partial charge is 0.382 e. The van der Waals surface area contributed by atoms with E-state index in [2.05, 4.69) is 24.8 Å². The van der Waals surface area contributed by atoms with Crippen molar-refractivity contribution < 1.29 is 8.98 Å². The van der Waals surface area contributed by atoms with Crippen LogP contribution in [0.15, 0.2) is 78.2 Å². The van der Waals surface area contributed by atoms with Crippen molar-refractivity contribution in [2.75, 3.05) is 0 Å². The molecule has 0 saturated carbocycles. The van der Waals surface area contributed by atoms with Gasteiger partial charge in [-0.25, -0.2) is 4.79 Å². The van der Waals surface area contributed by atoms with Crippen LogP contribution < -0.4 is 0 Å². The van der Waals surface area contributed by atoms with Crippen molar-refractivity contribution in [2.45, 2.75) is 11.8 Å². The van der Waals surface area contributed by atoms with Crippen LogP contribution in [0.2, 0.25) is 0 Å². The first-order chi connectivity index (χ1) is 12.6. The second-order valence-electron chi connectivity index (χ2n) is 5.98. The molecule has 0 fully saturated rings. The number of hydrogen-bond acceptors (Lipinski definition) is 4. The Morgan fingerprint density at radius 2 is 1.69 bits per heavy atom. The number of hydrogen-bond donors (Lipinski definition) is 0. The normalized spacial score (nSPS) is 11.0. The summed E-state index contributed by atoms with van der Waals surface area (Å²) in [6, 6.07) is 22.1. The van der Waals surface area contributed by atoms with Crippen LogP contribution in [0.1, 0.15) is 11.1 Å². The van der Waals surface area contributed by atoms with Gasteiger partial charge >= 0.3 is 5.97 Å². The van der Waals surface area contributed by atoms with Crippen LogP contribution in [0.4, 0.5) is 0 Å². The fourth-order valence-corrected chi connectivity index (χ4v) is 4.87. The van der Waals surface area contributed by atoms with E-state index in [0.29, 0.717) is 5.57 Å². The molecule has 1 heterocycles. The minimum atomic E-state index is -0.414. The zero-order valence-corrected chi connectivity index (χ0v) is 15.8. The van der Waals surface area contributed by atoms with Gasteiger partial charge in [0.2, 0.25) is 0 Å². The van der Waals surface area contributed by atoms with E-state index in [1.165, 1.54) is 15.5 Å². The molecular weight excluding hydrogens is 360 g/mol. The molecule has 0 aliphatic rings. The average Bonchev–Trinajstić information content (AvgIpc) is 3.05. The Hall–Kier alpha value is -2.56. The summed E-state index contributed by atoms with van der Waals surface area (Å²) < 4.78 is 7.85. The van der Waals surface area contributed by atoms with Crippen LogP contribution >= 0.6 is 23.4 Å². The van der Waals surface area contributed by atoms with Crippen molar-refractivity contribution in [3.63, 3.8) is 0 Å². The second-order valence-corrected chi connectivity index (χ2v) is 7.80. The molecule has 0 spiro atoms. The van der Waals surface area contributed by atoms with Gasteiger partial charge in [0.15, 0.2) is 0 Å². The number of benzene rings is 3. The third-order valence-electron chi connectivity index (χ3n) is 4.29. The lowest BCUT2D eigenvalue weighted by atomic mass is 10.0. The van der Waals surface area contributed by atoms with Gasteiger partial charge in [-0.1, -0.05) is 61.2 Å². The fourth-order valence-electron chi connectivity index (χ4n) is 2.94. The molecule has 0 atom stereocenters. The molecular formula is C22H16O2S2. The minimum absolute atomic E-state index is 0.374. The van der Waals surface area contributed by atoms with Crippen LogP contribution in [0, 0.1) is 6.92 Å². The molecule has 3 aromatic carbocycles. The summed E-state index contributed by atoms with van der Waals surface area (Å²) in [4.78, 5) is 13.4. The van der Waals surface area contributed by atoms with E-state index in [9.17, 15) is 4.79 Å². The maximum Gasteiger partial charge on any atom is 0.350 e. The van der Waals surface area contributed by atoms with Gasteiger partial charge in [0.1, 0.15) is 0 Å². The zero-order valence-electron chi connectivity index (χ0n) is 14.2. The Labute approximate surface area is 160 Å². The zero-order chi connectivity index (χ0) is 18.1. The predicted octanol–water partition coefficient (Wildman–Crippen LogP) is 6.63. The lowest BCUT2D eigenvalue weighted by molar-refractivity contribution is -0.126. The van der Waals surface area contributed by atoms with Gasteiger partial charge in [-0.3, -0.25) is 0 Å². The summed E-state index contributed by atoms with van der Waals surface area (Å²) >= 11 is 2.81. The summed E-state index contributed by atoms with van der Waals surface area (Å²) in [5.74, 6) is -0.414. The Bertz CT molecular complexity index is 1140. The third kappa shape index (κ3) is 3.02. The second kappa shape index (κ2) is 6.98. The molecule has 26 heavy (non-hydrogen) atoms. The van der Waals surface area contributed by atoms with Gasteiger partial charge in [0.05, 0.1) is 27.2 Å². The van der Waals surface area contributed by atoms with Gasteiger partial charge in [0.25, 0.3) is 0 Å². The number of thiophene rings is 1. The van der Waals surface area contributed by atoms with E-state index in [4.69, 9.17) is 4.18 Å². The summed E-state index contributed by atoms with van der Waals surface area (Å²) in [5, 5.41) is 2.41. The van der Waals surface area contributed by atoms with Crippen molar-refractivity contribution in [1.82, 2.24) is 0 Å². The van der Waals surface area contributed by atoms with Gasteiger partial charge in [-0.15, -0.1) is 11.3 Å². The third-order valence-corrected chi connectivity index (χ3v) is 6.40. The molecule has 0 aliphatic heterocycles. The summed E-state index contributed by atoms with van der Waals surface area (Å²) in [6.45, 7) is 5.87. The van der Waals surface area contributed by atoms with E-state index >= 15 is 0 Å². The van der Waals surface area contributed by atoms with Crippen LogP contribution in [0.5, 0.6) is 0 Å². The molecule has 0 aliphatic carbocycles. The van der Waals surface area contributed by atoms with Gasteiger partial charge in [-0.05, 0) is 30.2 Å². The van der Waals surface area contributed by atoms with Crippen molar-refractivity contribution in [2.24, 2.45) is 0 Å². The van der Waals surface area contributed by atoms with Crippen molar-refractivity contribution in [3.8, 4) is 0 Å². The summed E-state index contributed by atoms with van der Waals surface area (Å²) in [5.41, 5.74) is 2.20. The maximum atomic E-state index is 12.4. The molecule has 0 N–H and O–H groups in total. The van der Waals surface area contributed by atoms with Crippen LogP contribution in [-0.2, 0) is 8.98 Å². The van der Waals surface area contributed by atoms with Crippen molar-refractivity contribution >= 4 is 55.1 Å².